The molecule has 0 bridgehead atoms. The molecule has 0 aliphatic carbocycles. The Kier molecular flexibility index (Phi) is 4.96. The van der Waals surface area contributed by atoms with Gasteiger partial charge in [-0.25, -0.2) is 0 Å². The summed E-state index contributed by atoms with van der Waals surface area (Å²) in [7, 11) is 1.55. The summed E-state index contributed by atoms with van der Waals surface area (Å²) in [5.41, 5.74) is 0.976. The third kappa shape index (κ3) is 3.48. The van der Waals surface area contributed by atoms with Crippen molar-refractivity contribution in [1.82, 2.24) is 0 Å². The van der Waals surface area contributed by atoms with E-state index in [0.717, 1.165) is 0 Å². The van der Waals surface area contributed by atoms with Crippen LogP contribution >= 0.6 is 40.2 Å². The summed E-state index contributed by atoms with van der Waals surface area (Å²) < 4.78 is 5.80. The lowest BCUT2D eigenvalue weighted by Crippen LogP contribution is -2.13. The third-order valence-corrected chi connectivity index (χ3v) is 3.92. The molecular formula is C14H11BrClNO2S. The van der Waals surface area contributed by atoms with Crippen molar-refractivity contribution in [3.63, 3.8) is 0 Å². The van der Waals surface area contributed by atoms with E-state index >= 15 is 0 Å². The highest BCUT2D eigenvalue weighted by Crippen LogP contribution is 2.28. The minimum atomic E-state index is -0.275. The number of ether oxygens (including phenoxy) is 1. The highest BCUT2D eigenvalue weighted by atomic mass is 79.9. The molecular weight excluding hydrogens is 362 g/mol. The summed E-state index contributed by atoms with van der Waals surface area (Å²) in [6.07, 6.45) is 0. The van der Waals surface area contributed by atoms with Gasteiger partial charge in [-0.1, -0.05) is 11.6 Å². The van der Waals surface area contributed by atoms with Crippen molar-refractivity contribution in [1.29, 1.82) is 0 Å². The maximum Gasteiger partial charge on any atom is 0.256 e. The number of hydrogen-bond acceptors (Lipinski definition) is 3. The van der Waals surface area contributed by atoms with Crippen LogP contribution in [0.3, 0.4) is 0 Å². The van der Waals surface area contributed by atoms with Crippen molar-refractivity contribution in [2.24, 2.45) is 0 Å². The number of carbonyl (C=O) groups excluding carboxylic acids is 1. The Morgan fingerprint density at radius 1 is 1.30 bits per heavy atom. The quantitative estimate of drug-likeness (QED) is 0.770. The van der Waals surface area contributed by atoms with Crippen LogP contribution in [0, 0.1) is 0 Å². The number of thiol groups is 1. The number of benzene rings is 2. The summed E-state index contributed by atoms with van der Waals surface area (Å²) >= 11 is 13.6. The van der Waals surface area contributed by atoms with Gasteiger partial charge in [0.15, 0.2) is 0 Å². The summed E-state index contributed by atoms with van der Waals surface area (Å²) in [5.74, 6) is 0.342. The van der Waals surface area contributed by atoms with Gasteiger partial charge in [-0.15, -0.1) is 12.6 Å². The second kappa shape index (κ2) is 6.52. The number of rotatable bonds is 3. The highest BCUT2D eigenvalue weighted by molar-refractivity contribution is 9.10. The minimum absolute atomic E-state index is 0.275. The molecule has 104 valence electrons. The minimum Gasteiger partial charge on any atom is -0.497 e. The molecule has 2 rings (SSSR count). The van der Waals surface area contributed by atoms with Crippen molar-refractivity contribution in [3.05, 3.63) is 51.5 Å². The number of carbonyl (C=O) groups is 1. The van der Waals surface area contributed by atoms with Crippen molar-refractivity contribution in [2.75, 3.05) is 12.4 Å². The van der Waals surface area contributed by atoms with Crippen LogP contribution < -0.4 is 10.1 Å². The average Bonchev–Trinajstić information content (AvgIpc) is 2.43. The molecule has 3 nitrogen and oxygen atoms in total. The molecule has 20 heavy (non-hydrogen) atoms. The zero-order chi connectivity index (χ0) is 14.7. The molecule has 0 saturated carbocycles. The molecule has 0 aromatic heterocycles. The van der Waals surface area contributed by atoms with Crippen molar-refractivity contribution < 1.29 is 9.53 Å². The van der Waals surface area contributed by atoms with Gasteiger partial charge < -0.3 is 10.1 Å². The maximum absolute atomic E-state index is 12.3. The molecule has 1 N–H and O–H groups in total. The molecule has 2 aromatic carbocycles. The number of nitrogens with one attached hydrogen (secondary N) is 1. The van der Waals surface area contributed by atoms with Gasteiger partial charge in [0.05, 0.1) is 23.4 Å². The van der Waals surface area contributed by atoms with Gasteiger partial charge in [0.2, 0.25) is 0 Å². The zero-order valence-electron chi connectivity index (χ0n) is 10.5. The van der Waals surface area contributed by atoms with Crippen molar-refractivity contribution in [2.45, 2.75) is 4.90 Å². The Balaban J connectivity index is 2.30. The van der Waals surface area contributed by atoms with E-state index in [-0.39, 0.29) is 5.91 Å². The Hall–Kier alpha value is -1.17. The Labute approximate surface area is 135 Å². The fourth-order valence-corrected chi connectivity index (χ4v) is 2.40. The Morgan fingerprint density at radius 3 is 2.75 bits per heavy atom. The first-order valence-electron chi connectivity index (χ1n) is 5.64. The van der Waals surface area contributed by atoms with E-state index in [9.17, 15) is 4.79 Å². The molecule has 0 spiro atoms. The second-order valence-corrected chi connectivity index (χ2v) is 5.74. The second-order valence-electron chi connectivity index (χ2n) is 3.96. The van der Waals surface area contributed by atoms with Crippen LogP contribution in [0.15, 0.2) is 45.8 Å². The van der Waals surface area contributed by atoms with E-state index in [2.05, 4.69) is 33.9 Å². The van der Waals surface area contributed by atoms with Gasteiger partial charge in [-0.2, -0.15) is 0 Å². The van der Waals surface area contributed by atoms with Gasteiger partial charge >= 0.3 is 0 Å². The van der Waals surface area contributed by atoms with Crippen LogP contribution in [-0.2, 0) is 0 Å². The predicted molar refractivity (Wildman–Crippen MR) is 87.4 cm³/mol. The van der Waals surface area contributed by atoms with E-state index in [1.807, 2.05) is 0 Å². The first kappa shape index (κ1) is 15.2. The van der Waals surface area contributed by atoms with Crippen LogP contribution in [0.4, 0.5) is 5.69 Å². The first-order valence-corrected chi connectivity index (χ1v) is 7.26. The van der Waals surface area contributed by atoms with Crippen LogP contribution in [-0.4, -0.2) is 13.0 Å². The number of methoxy groups -OCH3 is 1. The standard InChI is InChI=1S/C14H11BrClNO2S/c1-19-8-2-5-12(16)13(6-8)17-14(18)10-7-9(20)3-4-11(10)15/h2-7,20H,1H3,(H,17,18). The number of halogens is 2. The first-order chi connectivity index (χ1) is 9.51. The molecule has 0 radical (unpaired) electrons. The van der Waals surface area contributed by atoms with Gasteiger partial charge in [-0.3, -0.25) is 4.79 Å². The molecule has 0 aliphatic heterocycles. The van der Waals surface area contributed by atoms with Crippen LogP contribution in [0.2, 0.25) is 5.02 Å². The van der Waals surface area contributed by atoms with Crippen LogP contribution in [0.1, 0.15) is 10.4 Å². The van der Waals surface area contributed by atoms with Crippen LogP contribution in [0.25, 0.3) is 0 Å². The topological polar surface area (TPSA) is 38.3 Å². The highest BCUT2D eigenvalue weighted by Gasteiger charge is 2.13. The molecule has 2 aromatic rings. The van der Waals surface area contributed by atoms with E-state index in [1.54, 1.807) is 43.5 Å². The third-order valence-electron chi connectivity index (χ3n) is 2.62. The van der Waals surface area contributed by atoms with Crippen molar-refractivity contribution in [3.8, 4) is 5.75 Å². The molecule has 0 aliphatic rings. The number of amides is 1. The van der Waals surface area contributed by atoms with Gasteiger partial charge in [0.25, 0.3) is 5.91 Å². The summed E-state index contributed by atoms with van der Waals surface area (Å²) in [5, 5.41) is 3.20. The molecule has 0 unspecified atom stereocenters. The van der Waals surface area contributed by atoms with Gasteiger partial charge in [0, 0.05) is 15.4 Å². The Morgan fingerprint density at radius 2 is 2.05 bits per heavy atom. The van der Waals surface area contributed by atoms with Crippen molar-refractivity contribution >= 4 is 51.8 Å². The van der Waals surface area contributed by atoms with Gasteiger partial charge in [0.1, 0.15) is 5.75 Å². The average molecular weight is 373 g/mol. The molecule has 0 heterocycles. The molecule has 0 saturated heterocycles. The SMILES string of the molecule is COc1ccc(Cl)c(NC(=O)c2cc(S)ccc2Br)c1. The molecule has 6 heteroatoms. The predicted octanol–water partition coefficient (Wildman–Crippen LogP) is 4.65. The fourth-order valence-electron chi connectivity index (χ4n) is 1.60. The van der Waals surface area contributed by atoms with Gasteiger partial charge in [-0.05, 0) is 46.3 Å². The molecule has 0 atom stereocenters. The lowest BCUT2D eigenvalue weighted by atomic mass is 10.2. The van der Waals surface area contributed by atoms with E-state index < -0.39 is 0 Å². The maximum atomic E-state index is 12.3. The summed E-state index contributed by atoms with van der Waals surface area (Å²) in [6, 6.07) is 10.3. The van der Waals surface area contributed by atoms with Crippen LogP contribution in [0.5, 0.6) is 5.75 Å². The Bertz CT molecular complexity index is 664. The van der Waals surface area contributed by atoms with E-state index in [4.69, 9.17) is 16.3 Å². The molecule has 0 fully saturated rings. The summed E-state index contributed by atoms with van der Waals surface area (Å²) in [6.45, 7) is 0. The number of anilines is 1. The van der Waals surface area contributed by atoms with E-state index in [1.165, 1.54) is 0 Å². The fraction of sp³-hybridized carbons (Fsp3) is 0.0714. The summed E-state index contributed by atoms with van der Waals surface area (Å²) in [4.78, 5) is 13.0. The lowest BCUT2D eigenvalue weighted by Gasteiger charge is -2.10. The lowest BCUT2D eigenvalue weighted by molar-refractivity contribution is 0.102. The number of hydrogen-bond donors (Lipinski definition) is 2. The monoisotopic (exact) mass is 371 g/mol. The normalized spacial score (nSPS) is 10.2. The van der Waals surface area contributed by atoms with E-state index in [0.29, 0.717) is 31.4 Å². The molecule has 1 amide bonds. The zero-order valence-corrected chi connectivity index (χ0v) is 13.7. The largest absolute Gasteiger partial charge is 0.497 e. The smallest absolute Gasteiger partial charge is 0.256 e.